The first-order valence-electron chi connectivity index (χ1n) is 5.56. The van der Waals surface area contributed by atoms with Gasteiger partial charge in [0.1, 0.15) is 0 Å². The van der Waals surface area contributed by atoms with Gasteiger partial charge >= 0.3 is 93.8 Å². The first kappa shape index (κ1) is 14.4. The molecule has 0 amide bonds. The standard InChI is InChI=1S/C10H21O.H2O.O.Ti/c1-3-5-6-8-10(9-11)7-4-2;;;/h10H,3-9H2,1-2H3;1H2;;/q-1;;;+2/p-1. The maximum atomic E-state index is 10.5. The number of hydrogen-bond donors (Lipinski definition) is 1. The van der Waals surface area contributed by atoms with Crippen molar-refractivity contribution < 1.29 is 28.9 Å². The van der Waals surface area contributed by atoms with Gasteiger partial charge in [-0.15, -0.1) is 0 Å². The van der Waals surface area contributed by atoms with Crippen molar-refractivity contribution in [2.75, 3.05) is 6.61 Å². The number of unbranched alkanes of at least 4 members (excludes halogenated alkanes) is 2. The molecular formula is C10H22O3Ti. The van der Waals surface area contributed by atoms with Crippen LogP contribution in [0.1, 0.15) is 52.4 Å². The van der Waals surface area contributed by atoms with Crippen LogP contribution >= 0.6 is 0 Å². The van der Waals surface area contributed by atoms with E-state index in [4.69, 9.17) is 7.01 Å². The quantitative estimate of drug-likeness (QED) is 0.496. The Morgan fingerprint density at radius 2 is 1.93 bits per heavy atom. The first-order chi connectivity index (χ1) is 6.70. The minimum atomic E-state index is -3.28. The topological polar surface area (TPSA) is 46.5 Å². The molecular weight excluding hydrogens is 216 g/mol. The molecule has 84 valence electrons. The van der Waals surface area contributed by atoms with Crippen molar-refractivity contribution in [2.45, 2.75) is 52.4 Å². The molecule has 4 heteroatoms. The molecule has 0 bridgehead atoms. The summed E-state index contributed by atoms with van der Waals surface area (Å²) in [6.45, 7) is 4.80. The summed E-state index contributed by atoms with van der Waals surface area (Å²) < 4.78 is 23.9. The second kappa shape index (κ2) is 9.97. The molecule has 0 radical (unpaired) electrons. The van der Waals surface area contributed by atoms with Crippen LogP contribution in [-0.4, -0.2) is 10.3 Å². The Bertz CT molecular complexity index is 150. The predicted molar refractivity (Wildman–Crippen MR) is 51.4 cm³/mol. The molecule has 0 aromatic rings. The third-order valence-corrected chi connectivity index (χ3v) is 3.00. The van der Waals surface area contributed by atoms with Crippen molar-refractivity contribution in [1.82, 2.24) is 0 Å². The Kier molecular flexibility index (Phi) is 10.3. The molecule has 0 saturated heterocycles. The van der Waals surface area contributed by atoms with Crippen LogP contribution in [0, 0.1) is 5.92 Å². The summed E-state index contributed by atoms with van der Waals surface area (Å²) in [5.41, 5.74) is 0. The van der Waals surface area contributed by atoms with Crippen molar-refractivity contribution in [3.05, 3.63) is 0 Å². The summed E-state index contributed by atoms with van der Waals surface area (Å²) in [4.78, 5) is 0. The molecule has 0 aromatic heterocycles. The zero-order chi connectivity index (χ0) is 10.8. The monoisotopic (exact) mass is 238 g/mol. The van der Waals surface area contributed by atoms with Gasteiger partial charge in [-0.05, 0) is 0 Å². The van der Waals surface area contributed by atoms with Gasteiger partial charge in [-0.1, -0.05) is 0 Å². The second-order valence-electron chi connectivity index (χ2n) is 3.73. The van der Waals surface area contributed by atoms with Crippen molar-refractivity contribution in [3.63, 3.8) is 0 Å². The second-order valence-corrected chi connectivity index (χ2v) is 5.01. The number of rotatable bonds is 9. The predicted octanol–water partition coefficient (Wildman–Crippen LogP) is 2.79. The zero-order valence-electron chi connectivity index (χ0n) is 9.29. The fourth-order valence-electron chi connectivity index (χ4n) is 1.59. The Morgan fingerprint density at radius 1 is 1.21 bits per heavy atom. The van der Waals surface area contributed by atoms with Crippen LogP contribution in [0.3, 0.4) is 0 Å². The molecule has 1 unspecified atom stereocenters. The molecule has 3 nitrogen and oxygen atoms in total. The van der Waals surface area contributed by atoms with E-state index in [0.29, 0.717) is 12.5 Å². The van der Waals surface area contributed by atoms with E-state index in [1.54, 1.807) is 0 Å². The minimum absolute atomic E-state index is 0.479. The van der Waals surface area contributed by atoms with Crippen LogP contribution < -0.4 is 0 Å². The fraction of sp³-hybridized carbons (Fsp3) is 1.00. The van der Waals surface area contributed by atoms with Crippen LogP contribution in [0.5, 0.6) is 0 Å². The molecule has 14 heavy (non-hydrogen) atoms. The van der Waals surface area contributed by atoms with Crippen LogP contribution in [-0.2, 0) is 25.3 Å². The van der Waals surface area contributed by atoms with E-state index in [0.717, 1.165) is 19.3 Å². The summed E-state index contributed by atoms with van der Waals surface area (Å²) >= 11 is -3.28. The van der Waals surface area contributed by atoms with Crippen LogP contribution in [0.25, 0.3) is 0 Å². The molecule has 0 aliphatic heterocycles. The molecule has 0 rings (SSSR count). The van der Waals surface area contributed by atoms with Gasteiger partial charge in [0.05, 0.1) is 0 Å². The molecule has 0 aromatic carbocycles. The summed E-state index contributed by atoms with van der Waals surface area (Å²) in [5.74, 6) is 0.482. The van der Waals surface area contributed by atoms with Crippen LogP contribution in [0.15, 0.2) is 0 Å². The third-order valence-electron chi connectivity index (χ3n) is 2.36. The summed E-state index contributed by atoms with van der Waals surface area (Å²) in [6, 6.07) is 0. The van der Waals surface area contributed by atoms with E-state index in [9.17, 15) is 3.32 Å². The summed E-state index contributed by atoms with van der Waals surface area (Å²) in [7, 11) is 0. The molecule has 0 saturated carbocycles. The SMILES string of the molecule is CCCCCC(CCC)C[O][Ti](=[O])[OH]. The van der Waals surface area contributed by atoms with Crippen molar-refractivity contribution in [1.29, 1.82) is 0 Å². The molecule has 1 N–H and O–H groups in total. The normalized spacial score (nSPS) is 12.8. The average molecular weight is 238 g/mol. The van der Waals surface area contributed by atoms with Gasteiger partial charge in [0.2, 0.25) is 0 Å². The van der Waals surface area contributed by atoms with E-state index in [1.807, 2.05) is 0 Å². The number of hydrogen-bond acceptors (Lipinski definition) is 2. The average Bonchev–Trinajstić information content (AvgIpc) is 2.14. The summed E-state index contributed by atoms with van der Waals surface area (Å²) in [6.07, 6.45) is 7.05. The van der Waals surface area contributed by atoms with Gasteiger partial charge in [-0.3, -0.25) is 0 Å². The Balaban J connectivity index is 3.59. The van der Waals surface area contributed by atoms with Gasteiger partial charge in [0.25, 0.3) is 0 Å². The Labute approximate surface area is 94.0 Å². The van der Waals surface area contributed by atoms with Gasteiger partial charge < -0.3 is 0 Å². The molecule has 1 atom stereocenters. The van der Waals surface area contributed by atoms with E-state index in [1.165, 1.54) is 19.3 Å². The van der Waals surface area contributed by atoms with Gasteiger partial charge in [-0.25, -0.2) is 0 Å². The fourth-order valence-corrected chi connectivity index (χ4v) is 2.18. The van der Waals surface area contributed by atoms with Crippen molar-refractivity contribution >= 4 is 0 Å². The third kappa shape index (κ3) is 9.01. The van der Waals surface area contributed by atoms with Gasteiger partial charge in [-0.2, -0.15) is 0 Å². The van der Waals surface area contributed by atoms with E-state index in [2.05, 4.69) is 13.8 Å². The Hall–Kier alpha value is 0.434. The van der Waals surface area contributed by atoms with Crippen molar-refractivity contribution in [3.8, 4) is 0 Å². The zero-order valence-corrected chi connectivity index (χ0v) is 10.9. The first-order valence-corrected chi connectivity index (χ1v) is 7.53. The molecule has 0 heterocycles. The van der Waals surface area contributed by atoms with Gasteiger partial charge in [0, 0.05) is 0 Å². The van der Waals surface area contributed by atoms with E-state index in [-0.39, 0.29) is 0 Å². The molecule has 0 aliphatic carbocycles. The summed E-state index contributed by atoms with van der Waals surface area (Å²) in [5, 5.41) is 0. The molecule has 0 fully saturated rings. The van der Waals surface area contributed by atoms with Gasteiger partial charge in [0.15, 0.2) is 0 Å². The maximum absolute atomic E-state index is 10.5. The van der Waals surface area contributed by atoms with E-state index < -0.39 is 18.6 Å². The molecule has 0 spiro atoms. The van der Waals surface area contributed by atoms with E-state index >= 15 is 0 Å². The van der Waals surface area contributed by atoms with Crippen molar-refractivity contribution in [2.24, 2.45) is 5.92 Å². The van der Waals surface area contributed by atoms with Crippen LogP contribution in [0.4, 0.5) is 0 Å². The molecule has 0 aliphatic rings. The Morgan fingerprint density at radius 3 is 2.43 bits per heavy atom. The van der Waals surface area contributed by atoms with Crippen LogP contribution in [0.2, 0.25) is 0 Å².